The number of hydrogen-bond donors (Lipinski definition) is 2. The van der Waals surface area contributed by atoms with Gasteiger partial charge in [-0.15, -0.1) is 0 Å². The molecule has 0 saturated carbocycles. The number of ether oxygens (including phenoxy) is 1. The van der Waals surface area contributed by atoms with Crippen LogP contribution in [-0.4, -0.2) is 55.8 Å². The van der Waals surface area contributed by atoms with E-state index in [0.29, 0.717) is 18.1 Å². The molecule has 1 saturated heterocycles. The Balaban J connectivity index is 1.49. The maximum absolute atomic E-state index is 12.4. The SMILES string of the molecule is CC(C)COc1ccc(C(=O)NC(=S)Nc2ccc(N3CCN(C)CC3)cc2)cc1. The van der Waals surface area contributed by atoms with Gasteiger partial charge in [0, 0.05) is 43.1 Å². The number of hydrogen-bond acceptors (Lipinski definition) is 5. The number of piperazine rings is 1. The smallest absolute Gasteiger partial charge is 0.257 e. The lowest BCUT2D eigenvalue weighted by Gasteiger charge is -2.34. The Morgan fingerprint density at radius 1 is 1.03 bits per heavy atom. The Morgan fingerprint density at radius 2 is 1.67 bits per heavy atom. The van der Waals surface area contributed by atoms with Gasteiger partial charge < -0.3 is 19.9 Å². The summed E-state index contributed by atoms with van der Waals surface area (Å²) in [7, 11) is 2.15. The van der Waals surface area contributed by atoms with E-state index in [-0.39, 0.29) is 11.0 Å². The maximum atomic E-state index is 12.4. The predicted octanol–water partition coefficient (Wildman–Crippen LogP) is 3.60. The standard InChI is InChI=1S/C23H30N4O2S/c1-17(2)16-29-21-10-4-18(5-11-21)22(28)25-23(30)24-19-6-8-20(9-7-19)27-14-12-26(3)13-15-27/h4-11,17H,12-16H2,1-3H3,(H2,24,25,28,30). The zero-order valence-electron chi connectivity index (χ0n) is 17.9. The number of carbonyl (C=O) groups is 1. The molecule has 6 nitrogen and oxygen atoms in total. The third-order valence-electron chi connectivity index (χ3n) is 4.92. The second kappa shape index (κ2) is 10.4. The van der Waals surface area contributed by atoms with Crippen LogP contribution in [0, 0.1) is 5.92 Å². The van der Waals surface area contributed by atoms with Gasteiger partial charge in [0.2, 0.25) is 0 Å². The minimum atomic E-state index is -0.253. The molecule has 0 radical (unpaired) electrons. The molecule has 0 bridgehead atoms. The van der Waals surface area contributed by atoms with Crippen LogP contribution in [0.1, 0.15) is 24.2 Å². The molecular formula is C23H30N4O2S. The number of likely N-dealkylation sites (N-methyl/N-ethyl adjacent to an activating group) is 1. The Kier molecular flexibility index (Phi) is 7.65. The van der Waals surface area contributed by atoms with Gasteiger partial charge in [-0.2, -0.15) is 0 Å². The van der Waals surface area contributed by atoms with E-state index < -0.39 is 0 Å². The Hall–Kier alpha value is -2.64. The van der Waals surface area contributed by atoms with Crippen LogP contribution in [0.5, 0.6) is 5.75 Å². The molecule has 1 aliphatic heterocycles. The highest BCUT2D eigenvalue weighted by molar-refractivity contribution is 7.80. The lowest BCUT2D eigenvalue weighted by atomic mass is 10.2. The van der Waals surface area contributed by atoms with Crippen molar-refractivity contribution in [2.75, 3.05) is 50.1 Å². The summed E-state index contributed by atoms with van der Waals surface area (Å²) in [4.78, 5) is 17.1. The molecule has 7 heteroatoms. The number of nitrogens with zero attached hydrogens (tertiary/aromatic N) is 2. The number of thiocarbonyl (C=S) groups is 1. The van der Waals surface area contributed by atoms with Gasteiger partial charge >= 0.3 is 0 Å². The summed E-state index contributed by atoms with van der Waals surface area (Å²) in [5.74, 6) is 0.949. The Bertz CT molecular complexity index is 845. The first-order valence-corrected chi connectivity index (χ1v) is 10.7. The summed E-state index contributed by atoms with van der Waals surface area (Å²) >= 11 is 5.30. The molecule has 1 aliphatic rings. The van der Waals surface area contributed by atoms with Crippen molar-refractivity contribution < 1.29 is 9.53 Å². The van der Waals surface area contributed by atoms with Crippen molar-refractivity contribution >= 4 is 34.6 Å². The molecule has 2 aromatic rings. The first-order valence-electron chi connectivity index (χ1n) is 10.3. The summed E-state index contributed by atoms with van der Waals surface area (Å²) in [5.41, 5.74) is 2.57. The van der Waals surface area contributed by atoms with Gasteiger partial charge in [-0.1, -0.05) is 13.8 Å². The fourth-order valence-electron chi connectivity index (χ4n) is 3.12. The van der Waals surface area contributed by atoms with E-state index in [1.165, 1.54) is 5.69 Å². The van der Waals surface area contributed by atoms with Gasteiger partial charge in [0.25, 0.3) is 5.91 Å². The third kappa shape index (κ3) is 6.43. The molecule has 2 N–H and O–H groups in total. The van der Waals surface area contributed by atoms with E-state index in [4.69, 9.17) is 17.0 Å². The van der Waals surface area contributed by atoms with Crippen molar-refractivity contribution in [3.63, 3.8) is 0 Å². The Morgan fingerprint density at radius 3 is 2.27 bits per heavy atom. The molecule has 0 unspecified atom stereocenters. The molecule has 0 aromatic heterocycles. The summed E-state index contributed by atoms with van der Waals surface area (Å²) in [6.45, 7) is 9.03. The van der Waals surface area contributed by atoms with E-state index in [2.05, 4.69) is 53.5 Å². The fraction of sp³-hybridized carbons (Fsp3) is 0.391. The van der Waals surface area contributed by atoms with E-state index in [9.17, 15) is 4.79 Å². The minimum absolute atomic E-state index is 0.253. The molecule has 3 rings (SSSR count). The lowest BCUT2D eigenvalue weighted by molar-refractivity contribution is 0.0977. The average molecular weight is 427 g/mol. The van der Waals surface area contributed by atoms with Gasteiger partial charge in [0.1, 0.15) is 5.75 Å². The molecule has 30 heavy (non-hydrogen) atoms. The molecule has 2 aromatic carbocycles. The third-order valence-corrected chi connectivity index (χ3v) is 5.12. The summed E-state index contributed by atoms with van der Waals surface area (Å²) in [5, 5.41) is 6.06. The van der Waals surface area contributed by atoms with E-state index in [1.54, 1.807) is 24.3 Å². The number of anilines is 2. The molecule has 1 fully saturated rings. The molecule has 0 aliphatic carbocycles. The second-order valence-corrected chi connectivity index (χ2v) is 8.38. The number of rotatable bonds is 6. The molecular weight excluding hydrogens is 396 g/mol. The van der Waals surface area contributed by atoms with Crippen LogP contribution in [0.25, 0.3) is 0 Å². The monoisotopic (exact) mass is 426 g/mol. The van der Waals surface area contributed by atoms with Crippen molar-refractivity contribution in [3.05, 3.63) is 54.1 Å². The van der Waals surface area contributed by atoms with Crippen LogP contribution in [-0.2, 0) is 0 Å². The molecule has 1 amide bonds. The minimum Gasteiger partial charge on any atom is -0.493 e. The maximum Gasteiger partial charge on any atom is 0.257 e. The van der Waals surface area contributed by atoms with Crippen molar-refractivity contribution in [1.29, 1.82) is 0 Å². The van der Waals surface area contributed by atoms with Crippen LogP contribution < -0.4 is 20.3 Å². The average Bonchev–Trinajstić information content (AvgIpc) is 2.73. The first-order chi connectivity index (χ1) is 14.4. The molecule has 160 valence electrons. The van der Waals surface area contributed by atoms with Crippen molar-refractivity contribution in [3.8, 4) is 5.75 Å². The molecule has 0 atom stereocenters. The highest BCUT2D eigenvalue weighted by Gasteiger charge is 2.14. The number of amides is 1. The first kappa shape index (κ1) is 22.1. The summed E-state index contributed by atoms with van der Waals surface area (Å²) in [6.07, 6.45) is 0. The van der Waals surface area contributed by atoms with Gasteiger partial charge in [0.15, 0.2) is 5.11 Å². The van der Waals surface area contributed by atoms with Crippen LogP contribution in [0.15, 0.2) is 48.5 Å². The van der Waals surface area contributed by atoms with Crippen LogP contribution >= 0.6 is 12.2 Å². The van der Waals surface area contributed by atoms with Crippen LogP contribution in [0.3, 0.4) is 0 Å². The van der Waals surface area contributed by atoms with Crippen molar-refractivity contribution in [2.45, 2.75) is 13.8 Å². The zero-order valence-corrected chi connectivity index (χ0v) is 18.7. The highest BCUT2D eigenvalue weighted by Crippen LogP contribution is 2.19. The largest absolute Gasteiger partial charge is 0.493 e. The van der Waals surface area contributed by atoms with E-state index >= 15 is 0 Å². The van der Waals surface area contributed by atoms with Gasteiger partial charge in [-0.25, -0.2) is 0 Å². The van der Waals surface area contributed by atoms with E-state index in [0.717, 1.165) is 37.6 Å². The quantitative estimate of drug-likeness (QED) is 0.689. The second-order valence-electron chi connectivity index (χ2n) is 7.97. The predicted molar refractivity (Wildman–Crippen MR) is 127 cm³/mol. The highest BCUT2D eigenvalue weighted by atomic mass is 32.1. The molecule has 0 spiro atoms. The Labute approximate surface area is 184 Å². The fourth-order valence-corrected chi connectivity index (χ4v) is 3.33. The number of nitrogens with one attached hydrogen (secondary N) is 2. The van der Waals surface area contributed by atoms with Gasteiger partial charge in [-0.3, -0.25) is 10.1 Å². The number of benzene rings is 2. The van der Waals surface area contributed by atoms with Crippen LogP contribution in [0.4, 0.5) is 11.4 Å². The van der Waals surface area contributed by atoms with Crippen molar-refractivity contribution in [2.24, 2.45) is 5.92 Å². The zero-order chi connectivity index (χ0) is 21.5. The topological polar surface area (TPSA) is 56.8 Å². The normalized spacial score (nSPS) is 14.5. The summed E-state index contributed by atoms with van der Waals surface area (Å²) in [6, 6.07) is 15.2. The molecule has 1 heterocycles. The van der Waals surface area contributed by atoms with Gasteiger partial charge in [0.05, 0.1) is 6.61 Å². The number of carbonyl (C=O) groups excluding carboxylic acids is 1. The lowest BCUT2D eigenvalue weighted by Crippen LogP contribution is -2.44. The van der Waals surface area contributed by atoms with Crippen LogP contribution in [0.2, 0.25) is 0 Å². The van der Waals surface area contributed by atoms with Gasteiger partial charge in [-0.05, 0) is 73.7 Å². The summed E-state index contributed by atoms with van der Waals surface area (Å²) < 4.78 is 5.65. The van der Waals surface area contributed by atoms with Crippen molar-refractivity contribution in [1.82, 2.24) is 10.2 Å². The van der Waals surface area contributed by atoms with E-state index in [1.807, 2.05) is 12.1 Å².